The first kappa shape index (κ1) is 16.6. The van der Waals surface area contributed by atoms with Crippen molar-refractivity contribution in [3.63, 3.8) is 0 Å². The zero-order valence-electron chi connectivity index (χ0n) is 10.4. The Balaban J connectivity index is 0.00000200. The Morgan fingerprint density at radius 1 is 1.05 bits per heavy atom. The highest BCUT2D eigenvalue weighted by Crippen LogP contribution is 2.23. The Bertz CT molecular complexity index is 600. The van der Waals surface area contributed by atoms with Crippen molar-refractivity contribution < 1.29 is 4.74 Å². The van der Waals surface area contributed by atoms with Crippen molar-refractivity contribution >= 4 is 41.4 Å². The van der Waals surface area contributed by atoms with Gasteiger partial charge in [-0.05, 0) is 42.0 Å². The molecule has 0 aliphatic carbocycles. The van der Waals surface area contributed by atoms with E-state index in [-0.39, 0.29) is 18.2 Å². The fourth-order valence-corrected chi connectivity index (χ4v) is 1.85. The monoisotopic (exact) mass is 330 g/mol. The van der Waals surface area contributed by atoms with E-state index in [9.17, 15) is 0 Å². The molecule has 0 bridgehead atoms. The van der Waals surface area contributed by atoms with E-state index in [4.69, 9.17) is 39.1 Å². The van der Waals surface area contributed by atoms with Crippen LogP contribution in [0, 0.1) is 5.41 Å². The van der Waals surface area contributed by atoms with E-state index in [0.29, 0.717) is 28.0 Å². The number of halogens is 3. The minimum absolute atomic E-state index is 0. The predicted octanol–water partition coefficient (Wildman–Crippen LogP) is 4.28. The van der Waals surface area contributed by atoms with E-state index >= 15 is 0 Å². The molecule has 3 nitrogen and oxygen atoms in total. The van der Waals surface area contributed by atoms with Crippen molar-refractivity contribution in [2.45, 2.75) is 6.61 Å². The molecule has 0 fully saturated rings. The van der Waals surface area contributed by atoms with E-state index in [2.05, 4.69) is 0 Å². The number of nitrogens with one attached hydrogen (secondary N) is 1. The number of amidine groups is 1. The summed E-state index contributed by atoms with van der Waals surface area (Å²) in [6.45, 7) is 0.399. The summed E-state index contributed by atoms with van der Waals surface area (Å²) in [5.41, 5.74) is 6.98. The summed E-state index contributed by atoms with van der Waals surface area (Å²) < 4.78 is 5.61. The van der Waals surface area contributed by atoms with Gasteiger partial charge in [0.05, 0.1) is 10.0 Å². The zero-order valence-corrected chi connectivity index (χ0v) is 12.7. The molecule has 0 heterocycles. The first-order valence-electron chi connectivity index (χ1n) is 5.57. The fourth-order valence-electron chi connectivity index (χ4n) is 1.53. The van der Waals surface area contributed by atoms with Gasteiger partial charge in [-0.2, -0.15) is 0 Å². The van der Waals surface area contributed by atoms with Crippen LogP contribution < -0.4 is 10.5 Å². The molecule has 20 heavy (non-hydrogen) atoms. The summed E-state index contributed by atoms with van der Waals surface area (Å²) in [6, 6.07) is 12.4. The third kappa shape index (κ3) is 4.30. The van der Waals surface area contributed by atoms with Gasteiger partial charge in [-0.3, -0.25) is 5.41 Å². The second kappa shape index (κ2) is 7.39. The average molecular weight is 332 g/mol. The Morgan fingerprint density at radius 2 is 1.70 bits per heavy atom. The lowest BCUT2D eigenvalue weighted by molar-refractivity contribution is 0.306. The quantitative estimate of drug-likeness (QED) is 0.649. The van der Waals surface area contributed by atoms with Crippen molar-refractivity contribution in [3.05, 3.63) is 63.6 Å². The predicted molar refractivity (Wildman–Crippen MR) is 85.5 cm³/mol. The normalized spacial score (nSPS) is 9.70. The van der Waals surface area contributed by atoms with E-state index < -0.39 is 0 Å². The Hall–Kier alpha value is -1.42. The van der Waals surface area contributed by atoms with Gasteiger partial charge in [-0.15, -0.1) is 12.4 Å². The van der Waals surface area contributed by atoms with Crippen LogP contribution in [0.4, 0.5) is 0 Å². The van der Waals surface area contributed by atoms with Gasteiger partial charge in [0, 0.05) is 5.56 Å². The fraction of sp³-hybridized carbons (Fsp3) is 0.0714. The number of hydrogen-bond donors (Lipinski definition) is 2. The van der Waals surface area contributed by atoms with E-state index in [1.165, 1.54) is 0 Å². The molecule has 0 aliphatic heterocycles. The summed E-state index contributed by atoms with van der Waals surface area (Å²) in [4.78, 5) is 0. The van der Waals surface area contributed by atoms with Crippen LogP contribution in [0.3, 0.4) is 0 Å². The van der Waals surface area contributed by atoms with Crippen LogP contribution in [-0.4, -0.2) is 5.84 Å². The molecule has 0 aromatic heterocycles. The van der Waals surface area contributed by atoms with E-state index in [1.807, 2.05) is 6.07 Å². The molecule has 0 saturated carbocycles. The molecule has 0 saturated heterocycles. The molecule has 2 aromatic rings. The molecule has 6 heteroatoms. The number of nitrogens with two attached hydrogens (primary N) is 1. The standard InChI is InChI=1S/C14H12Cl2N2O.ClH/c15-12-6-1-9(7-13(12)16)8-19-11-4-2-10(3-5-11)14(17)18;/h1-7H,8H2,(H3,17,18);1H. The molecule has 0 spiro atoms. The molecule has 0 radical (unpaired) electrons. The molecule has 0 atom stereocenters. The van der Waals surface area contributed by atoms with Gasteiger partial charge in [0.15, 0.2) is 0 Å². The van der Waals surface area contributed by atoms with Crippen molar-refractivity contribution in [1.29, 1.82) is 5.41 Å². The highest BCUT2D eigenvalue weighted by Gasteiger charge is 2.01. The van der Waals surface area contributed by atoms with Gasteiger partial charge >= 0.3 is 0 Å². The maximum Gasteiger partial charge on any atom is 0.122 e. The van der Waals surface area contributed by atoms with Gasteiger partial charge in [0.2, 0.25) is 0 Å². The van der Waals surface area contributed by atoms with Gasteiger partial charge in [-0.25, -0.2) is 0 Å². The molecule has 0 aliphatic rings. The lowest BCUT2D eigenvalue weighted by Gasteiger charge is -2.07. The molecule has 0 amide bonds. The Labute approximate surface area is 133 Å². The minimum atomic E-state index is 0. The van der Waals surface area contributed by atoms with Gasteiger partial charge in [-0.1, -0.05) is 29.3 Å². The lowest BCUT2D eigenvalue weighted by Crippen LogP contribution is -2.10. The number of benzene rings is 2. The van der Waals surface area contributed by atoms with Crippen molar-refractivity contribution in [1.82, 2.24) is 0 Å². The third-order valence-electron chi connectivity index (χ3n) is 2.55. The maximum atomic E-state index is 7.30. The minimum Gasteiger partial charge on any atom is -0.489 e. The summed E-state index contributed by atoms with van der Waals surface area (Å²) in [5.74, 6) is 0.743. The lowest BCUT2D eigenvalue weighted by atomic mass is 10.2. The van der Waals surface area contributed by atoms with Gasteiger partial charge < -0.3 is 10.5 Å². The average Bonchev–Trinajstić information content (AvgIpc) is 2.40. The molecule has 2 rings (SSSR count). The van der Waals surface area contributed by atoms with Crippen LogP contribution in [0.25, 0.3) is 0 Å². The van der Waals surface area contributed by atoms with Crippen LogP contribution in [0.5, 0.6) is 5.75 Å². The number of hydrogen-bond acceptors (Lipinski definition) is 2. The van der Waals surface area contributed by atoms with Gasteiger partial charge in [0.1, 0.15) is 18.2 Å². The smallest absolute Gasteiger partial charge is 0.122 e. The zero-order chi connectivity index (χ0) is 13.8. The highest BCUT2D eigenvalue weighted by molar-refractivity contribution is 6.42. The number of rotatable bonds is 4. The molecule has 2 aromatic carbocycles. The van der Waals surface area contributed by atoms with E-state index in [0.717, 1.165) is 5.56 Å². The Kier molecular flexibility index (Phi) is 6.14. The second-order valence-corrected chi connectivity index (χ2v) is 4.79. The second-order valence-electron chi connectivity index (χ2n) is 3.98. The summed E-state index contributed by atoms with van der Waals surface area (Å²) >= 11 is 11.8. The SMILES string of the molecule is Cl.N=C(N)c1ccc(OCc2ccc(Cl)c(Cl)c2)cc1. The van der Waals surface area contributed by atoms with Crippen LogP contribution in [0.15, 0.2) is 42.5 Å². The van der Waals surface area contributed by atoms with Gasteiger partial charge in [0.25, 0.3) is 0 Å². The van der Waals surface area contributed by atoms with Crippen LogP contribution >= 0.6 is 35.6 Å². The third-order valence-corrected chi connectivity index (χ3v) is 3.29. The van der Waals surface area contributed by atoms with Crippen LogP contribution in [-0.2, 0) is 6.61 Å². The van der Waals surface area contributed by atoms with Crippen molar-refractivity contribution in [2.24, 2.45) is 5.73 Å². The molecule has 106 valence electrons. The first-order chi connectivity index (χ1) is 9.06. The van der Waals surface area contributed by atoms with Crippen molar-refractivity contribution in [3.8, 4) is 5.75 Å². The van der Waals surface area contributed by atoms with Crippen molar-refractivity contribution in [2.75, 3.05) is 0 Å². The molecule has 0 unspecified atom stereocenters. The highest BCUT2D eigenvalue weighted by atomic mass is 35.5. The maximum absolute atomic E-state index is 7.30. The topological polar surface area (TPSA) is 59.1 Å². The number of ether oxygens (including phenoxy) is 1. The molecular formula is C14H13Cl3N2O. The molecule has 3 N–H and O–H groups in total. The van der Waals surface area contributed by atoms with Crippen LogP contribution in [0.1, 0.15) is 11.1 Å². The summed E-state index contributed by atoms with van der Waals surface area (Å²) in [5, 5.41) is 8.33. The summed E-state index contributed by atoms with van der Waals surface area (Å²) in [7, 11) is 0. The summed E-state index contributed by atoms with van der Waals surface area (Å²) in [6.07, 6.45) is 0. The Morgan fingerprint density at radius 3 is 2.25 bits per heavy atom. The van der Waals surface area contributed by atoms with E-state index in [1.54, 1.807) is 36.4 Å². The first-order valence-corrected chi connectivity index (χ1v) is 6.33. The van der Waals surface area contributed by atoms with Crippen LogP contribution in [0.2, 0.25) is 10.0 Å². The number of nitrogen functional groups attached to an aromatic ring is 1. The molecular weight excluding hydrogens is 319 g/mol. The largest absolute Gasteiger partial charge is 0.489 e.